The molecule has 7 nitrogen and oxygen atoms in total. The molecule has 2 rings (SSSR count). The topological polar surface area (TPSA) is 78.8 Å². The lowest BCUT2D eigenvalue weighted by molar-refractivity contribution is -0.385. The lowest BCUT2D eigenvalue weighted by atomic mass is 10.4. The fourth-order valence-electron chi connectivity index (χ4n) is 1.51. The van der Waals surface area contributed by atoms with Gasteiger partial charge in [0.15, 0.2) is 0 Å². The maximum atomic E-state index is 12.3. The highest BCUT2D eigenvalue weighted by Gasteiger charge is 2.28. The quantitative estimate of drug-likeness (QED) is 0.627. The molecular formula is C9H8F3N5O2. The average Bonchev–Trinajstić information content (AvgIpc) is 2.87. The Balaban J connectivity index is 2.15. The van der Waals surface area contributed by atoms with Crippen molar-refractivity contribution < 1.29 is 18.1 Å². The van der Waals surface area contributed by atoms with Crippen molar-refractivity contribution >= 4 is 5.69 Å². The molecule has 0 saturated heterocycles. The van der Waals surface area contributed by atoms with E-state index in [4.69, 9.17) is 0 Å². The maximum absolute atomic E-state index is 12.3. The monoisotopic (exact) mass is 275 g/mol. The van der Waals surface area contributed by atoms with Gasteiger partial charge in [-0.3, -0.25) is 14.8 Å². The summed E-state index contributed by atoms with van der Waals surface area (Å²) in [6, 6.07) is 0. The van der Waals surface area contributed by atoms with Crippen LogP contribution in [-0.2, 0) is 13.1 Å². The number of rotatable bonds is 4. The van der Waals surface area contributed by atoms with Crippen molar-refractivity contribution in [1.29, 1.82) is 0 Å². The van der Waals surface area contributed by atoms with Crippen LogP contribution in [0.15, 0.2) is 24.9 Å². The molecule has 0 N–H and O–H groups in total. The summed E-state index contributed by atoms with van der Waals surface area (Å²) in [5, 5.41) is 14.2. The van der Waals surface area contributed by atoms with Gasteiger partial charge in [-0.15, -0.1) is 0 Å². The van der Waals surface area contributed by atoms with E-state index in [0.717, 1.165) is 23.3 Å². The van der Waals surface area contributed by atoms with Crippen LogP contribution >= 0.6 is 0 Å². The first kappa shape index (κ1) is 13.1. The maximum Gasteiger partial charge on any atom is 0.406 e. The Morgan fingerprint density at radius 2 is 2.11 bits per heavy atom. The molecule has 0 amide bonds. The zero-order valence-electron chi connectivity index (χ0n) is 9.41. The average molecular weight is 275 g/mol. The van der Waals surface area contributed by atoms with Gasteiger partial charge < -0.3 is 4.57 Å². The number of hydrogen-bond donors (Lipinski definition) is 0. The van der Waals surface area contributed by atoms with Crippen molar-refractivity contribution in [2.24, 2.45) is 0 Å². The van der Waals surface area contributed by atoms with E-state index < -0.39 is 17.6 Å². The van der Waals surface area contributed by atoms with Crippen molar-refractivity contribution in [2.75, 3.05) is 0 Å². The van der Waals surface area contributed by atoms with Gasteiger partial charge in [-0.1, -0.05) is 0 Å². The first-order valence-electron chi connectivity index (χ1n) is 5.08. The number of aromatic nitrogens is 4. The largest absolute Gasteiger partial charge is 0.406 e. The van der Waals surface area contributed by atoms with E-state index in [1.54, 1.807) is 0 Å². The molecule has 2 heterocycles. The molecule has 0 aliphatic heterocycles. The van der Waals surface area contributed by atoms with Crippen molar-refractivity contribution in [3.05, 3.63) is 40.7 Å². The number of nitro groups is 1. The molecule has 0 aliphatic carbocycles. The van der Waals surface area contributed by atoms with Crippen LogP contribution in [0.2, 0.25) is 0 Å². The molecular weight excluding hydrogens is 267 g/mol. The summed E-state index contributed by atoms with van der Waals surface area (Å²) in [7, 11) is 0. The summed E-state index contributed by atoms with van der Waals surface area (Å²) in [6.45, 7) is -1.18. The van der Waals surface area contributed by atoms with E-state index in [2.05, 4.69) is 10.1 Å². The van der Waals surface area contributed by atoms with Crippen LogP contribution in [0.25, 0.3) is 0 Å². The molecule has 0 aliphatic rings. The number of nitrogens with zero attached hydrogens (tertiary/aromatic N) is 5. The third kappa shape index (κ3) is 3.30. The highest BCUT2D eigenvalue weighted by atomic mass is 19.4. The van der Waals surface area contributed by atoms with Gasteiger partial charge in [0.05, 0.1) is 29.7 Å². The second kappa shape index (κ2) is 4.71. The van der Waals surface area contributed by atoms with Crippen molar-refractivity contribution in [2.45, 2.75) is 19.3 Å². The molecule has 0 atom stereocenters. The summed E-state index contributed by atoms with van der Waals surface area (Å²) >= 11 is 0. The Hall–Kier alpha value is -2.39. The Kier molecular flexibility index (Phi) is 3.23. The predicted molar refractivity (Wildman–Crippen MR) is 56.3 cm³/mol. The van der Waals surface area contributed by atoms with E-state index in [-0.39, 0.29) is 17.9 Å². The molecule has 102 valence electrons. The zero-order chi connectivity index (χ0) is 14.0. The first-order chi connectivity index (χ1) is 8.85. The van der Waals surface area contributed by atoms with Gasteiger partial charge in [0, 0.05) is 0 Å². The molecule has 2 aromatic heterocycles. The van der Waals surface area contributed by atoms with Gasteiger partial charge in [0.1, 0.15) is 18.9 Å². The Morgan fingerprint density at radius 1 is 1.37 bits per heavy atom. The number of alkyl halides is 3. The smallest absolute Gasteiger partial charge is 0.324 e. The summed E-state index contributed by atoms with van der Waals surface area (Å²) in [4.78, 5) is 13.5. The molecule has 0 spiro atoms. The molecule has 0 bridgehead atoms. The van der Waals surface area contributed by atoms with Gasteiger partial charge >= 0.3 is 11.9 Å². The Morgan fingerprint density at radius 3 is 2.68 bits per heavy atom. The fraction of sp³-hybridized carbons (Fsp3) is 0.333. The third-order valence-corrected chi connectivity index (χ3v) is 2.30. The lowest BCUT2D eigenvalue weighted by Gasteiger charge is -2.10. The second-order valence-electron chi connectivity index (χ2n) is 3.78. The van der Waals surface area contributed by atoms with Crippen molar-refractivity contribution in [1.82, 2.24) is 19.3 Å². The zero-order valence-corrected chi connectivity index (χ0v) is 9.41. The van der Waals surface area contributed by atoms with E-state index in [1.165, 1.54) is 10.9 Å². The van der Waals surface area contributed by atoms with E-state index >= 15 is 0 Å². The van der Waals surface area contributed by atoms with Gasteiger partial charge in [-0.05, 0) is 0 Å². The second-order valence-corrected chi connectivity index (χ2v) is 3.78. The fourth-order valence-corrected chi connectivity index (χ4v) is 1.51. The molecule has 10 heteroatoms. The summed E-state index contributed by atoms with van der Waals surface area (Å²) in [5.74, 6) is 0. The van der Waals surface area contributed by atoms with Crippen LogP contribution in [0.4, 0.5) is 18.9 Å². The van der Waals surface area contributed by atoms with Crippen LogP contribution in [0.5, 0.6) is 0 Å². The van der Waals surface area contributed by atoms with Crippen molar-refractivity contribution in [3.8, 4) is 0 Å². The highest BCUT2D eigenvalue weighted by molar-refractivity contribution is 5.21. The molecule has 0 saturated carbocycles. The minimum atomic E-state index is -4.36. The van der Waals surface area contributed by atoms with Crippen molar-refractivity contribution in [3.63, 3.8) is 0 Å². The molecule has 0 radical (unpaired) electrons. The standard InChI is InChI=1S/C9H8F3N5O2/c10-9(11,12)5-15-6-13-1-7(15)3-16-4-8(2-14-16)17(18)19/h1-2,4,6H,3,5H2. The predicted octanol–water partition coefficient (Wildman–Crippen LogP) is 1.60. The number of halogens is 3. The highest BCUT2D eigenvalue weighted by Crippen LogP contribution is 2.19. The third-order valence-electron chi connectivity index (χ3n) is 2.30. The summed E-state index contributed by atoms with van der Waals surface area (Å²) in [6.07, 6.45) is 0.140. The van der Waals surface area contributed by atoms with E-state index in [1.807, 2.05) is 0 Å². The number of hydrogen-bond acceptors (Lipinski definition) is 4. The van der Waals surface area contributed by atoms with Gasteiger partial charge in [-0.2, -0.15) is 18.3 Å². The van der Waals surface area contributed by atoms with Gasteiger partial charge in [0.2, 0.25) is 0 Å². The minimum Gasteiger partial charge on any atom is -0.324 e. The summed E-state index contributed by atoms with van der Waals surface area (Å²) in [5.41, 5.74) is 0.0391. The van der Waals surface area contributed by atoms with Crippen LogP contribution < -0.4 is 0 Å². The van der Waals surface area contributed by atoms with Crippen LogP contribution in [0.1, 0.15) is 5.69 Å². The Bertz CT molecular complexity index is 589. The Labute approximate surface area is 104 Å². The minimum absolute atomic E-state index is 0.0239. The molecule has 2 aromatic rings. The SMILES string of the molecule is O=[N+]([O-])c1cnn(Cc2cncn2CC(F)(F)F)c1. The van der Waals surface area contributed by atoms with E-state index in [9.17, 15) is 23.3 Å². The molecule has 0 unspecified atom stereocenters. The van der Waals surface area contributed by atoms with Crippen LogP contribution in [0, 0.1) is 10.1 Å². The van der Waals surface area contributed by atoms with Crippen LogP contribution in [-0.4, -0.2) is 30.4 Å². The first-order valence-corrected chi connectivity index (χ1v) is 5.08. The number of imidazole rings is 1. The van der Waals surface area contributed by atoms with Gasteiger partial charge in [-0.25, -0.2) is 4.98 Å². The lowest BCUT2D eigenvalue weighted by Crippen LogP contribution is -2.19. The molecule has 0 fully saturated rings. The molecule has 0 aromatic carbocycles. The normalized spacial score (nSPS) is 11.7. The molecule has 19 heavy (non-hydrogen) atoms. The van der Waals surface area contributed by atoms with Gasteiger partial charge in [0.25, 0.3) is 0 Å². The van der Waals surface area contributed by atoms with E-state index in [0.29, 0.717) is 0 Å². The summed E-state index contributed by atoms with van der Waals surface area (Å²) < 4.78 is 39.0. The van der Waals surface area contributed by atoms with Crippen LogP contribution in [0.3, 0.4) is 0 Å².